The number of para-hydroxylation sites is 2. The summed E-state index contributed by atoms with van der Waals surface area (Å²) in [6, 6.07) is 16.0. The summed E-state index contributed by atoms with van der Waals surface area (Å²) in [5.74, 6) is 1.76. The van der Waals surface area contributed by atoms with Gasteiger partial charge in [0.1, 0.15) is 17.6 Å². The van der Waals surface area contributed by atoms with E-state index in [2.05, 4.69) is 4.90 Å². The average Bonchev–Trinajstić information content (AvgIpc) is 3.23. The molecule has 2 aromatic carbocycles. The molecule has 1 amide bonds. The van der Waals surface area contributed by atoms with Crippen molar-refractivity contribution in [3.63, 3.8) is 0 Å². The number of anilines is 1. The van der Waals surface area contributed by atoms with Crippen LogP contribution in [0.4, 0.5) is 5.69 Å². The number of hydrogen-bond acceptors (Lipinski definition) is 5. The molecule has 0 saturated carbocycles. The molecule has 2 bridgehead atoms. The minimum Gasteiger partial charge on any atom is -0.497 e. The van der Waals surface area contributed by atoms with Gasteiger partial charge in [0.05, 0.1) is 25.4 Å². The fourth-order valence-electron chi connectivity index (χ4n) is 4.90. The Labute approximate surface area is 177 Å². The van der Waals surface area contributed by atoms with Crippen molar-refractivity contribution in [1.82, 2.24) is 4.90 Å². The Morgan fingerprint density at radius 1 is 1.07 bits per heavy atom. The highest BCUT2D eigenvalue weighted by Crippen LogP contribution is 2.38. The zero-order chi connectivity index (χ0) is 20.5. The number of methoxy groups -OCH3 is 1. The van der Waals surface area contributed by atoms with E-state index in [1.807, 2.05) is 53.4 Å². The molecule has 2 atom stereocenters. The van der Waals surface area contributed by atoms with Crippen LogP contribution in [-0.2, 0) is 16.1 Å². The van der Waals surface area contributed by atoms with Crippen LogP contribution in [0.2, 0.25) is 0 Å². The number of benzene rings is 2. The van der Waals surface area contributed by atoms with E-state index in [9.17, 15) is 4.79 Å². The Morgan fingerprint density at radius 2 is 1.83 bits per heavy atom. The lowest BCUT2D eigenvalue weighted by atomic mass is 10.0. The third-order valence-corrected chi connectivity index (χ3v) is 6.46. The molecule has 3 aliphatic rings. The van der Waals surface area contributed by atoms with Gasteiger partial charge in [-0.2, -0.15) is 0 Å². The SMILES string of the molecule is COc1ccc(CN2C(=O)[C@@H]3C[C@@H](CN3C3CCOCC3)Oc3ccccc32)cc1. The molecular formula is C24H28N2O4. The van der Waals surface area contributed by atoms with E-state index in [0.717, 1.165) is 61.8 Å². The van der Waals surface area contributed by atoms with Gasteiger partial charge < -0.3 is 19.1 Å². The quantitative estimate of drug-likeness (QED) is 0.777. The highest BCUT2D eigenvalue weighted by atomic mass is 16.5. The highest BCUT2D eigenvalue weighted by Gasteiger charge is 2.45. The Hall–Kier alpha value is -2.57. The van der Waals surface area contributed by atoms with Crippen LogP contribution >= 0.6 is 0 Å². The molecule has 0 aliphatic carbocycles. The molecule has 2 aromatic rings. The number of hydrogen-bond donors (Lipinski definition) is 0. The summed E-state index contributed by atoms with van der Waals surface area (Å²) in [6.07, 6.45) is 2.74. The first-order valence-corrected chi connectivity index (χ1v) is 10.8. The topological polar surface area (TPSA) is 51.2 Å². The van der Waals surface area contributed by atoms with Gasteiger partial charge in [0, 0.05) is 32.2 Å². The van der Waals surface area contributed by atoms with Crippen LogP contribution in [0.15, 0.2) is 48.5 Å². The Morgan fingerprint density at radius 3 is 2.60 bits per heavy atom. The van der Waals surface area contributed by atoms with E-state index in [1.165, 1.54) is 0 Å². The molecule has 0 radical (unpaired) electrons. The molecule has 0 spiro atoms. The van der Waals surface area contributed by atoms with E-state index in [4.69, 9.17) is 14.2 Å². The first-order valence-electron chi connectivity index (χ1n) is 10.8. The predicted octanol–water partition coefficient (Wildman–Crippen LogP) is 3.24. The third kappa shape index (κ3) is 3.66. The fraction of sp³-hybridized carbons (Fsp3) is 0.458. The summed E-state index contributed by atoms with van der Waals surface area (Å²) in [4.78, 5) is 18.1. The van der Waals surface area contributed by atoms with Gasteiger partial charge in [-0.05, 0) is 42.7 Å². The summed E-state index contributed by atoms with van der Waals surface area (Å²) >= 11 is 0. The van der Waals surface area contributed by atoms with E-state index < -0.39 is 0 Å². The van der Waals surface area contributed by atoms with Crippen molar-refractivity contribution < 1.29 is 19.0 Å². The molecule has 3 aliphatic heterocycles. The minimum atomic E-state index is -0.148. The summed E-state index contributed by atoms with van der Waals surface area (Å²) in [6.45, 7) is 2.84. The van der Waals surface area contributed by atoms with Crippen LogP contribution < -0.4 is 14.4 Å². The minimum absolute atomic E-state index is 0.0473. The molecule has 30 heavy (non-hydrogen) atoms. The molecule has 158 valence electrons. The molecule has 3 heterocycles. The van der Waals surface area contributed by atoms with Gasteiger partial charge in [-0.1, -0.05) is 24.3 Å². The predicted molar refractivity (Wildman–Crippen MR) is 114 cm³/mol. The van der Waals surface area contributed by atoms with Gasteiger partial charge in [-0.15, -0.1) is 0 Å². The molecule has 0 N–H and O–H groups in total. The third-order valence-electron chi connectivity index (χ3n) is 6.46. The largest absolute Gasteiger partial charge is 0.497 e. The van der Waals surface area contributed by atoms with Crippen molar-refractivity contribution in [2.45, 2.75) is 44.0 Å². The fourth-order valence-corrected chi connectivity index (χ4v) is 4.90. The molecule has 2 fully saturated rings. The number of nitrogens with zero attached hydrogens (tertiary/aromatic N) is 2. The van der Waals surface area contributed by atoms with Crippen LogP contribution in [0.3, 0.4) is 0 Å². The molecule has 5 rings (SSSR count). The normalized spacial score (nSPS) is 24.7. The number of likely N-dealkylation sites (tertiary alicyclic amines) is 1. The molecule has 6 heteroatoms. The van der Waals surface area contributed by atoms with Crippen molar-refractivity contribution in [2.75, 3.05) is 31.8 Å². The lowest BCUT2D eigenvalue weighted by Crippen LogP contribution is -2.50. The monoisotopic (exact) mass is 408 g/mol. The van der Waals surface area contributed by atoms with Gasteiger partial charge in [0.15, 0.2) is 0 Å². The van der Waals surface area contributed by atoms with Crippen LogP contribution in [-0.4, -0.2) is 55.9 Å². The number of amides is 1. The Bertz CT molecular complexity index is 894. The van der Waals surface area contributed by atoms with Gasteiger partial charge in [-0.25, -0.2) is 0 Å². The number of carbonyl (C=O) groups is 1. The summed E-state index contributed by atoms with van der Waals surface area (Å²) in [5.41, 5.74) is 1.91. The van der Waals surface area contributed by atoms with Crippen LogP contribution in [0.25, 0.3) is 0 Å². The van der Waals surface area contributed by atoms with Crippen LogP contribution in [0.5, 0.6) is 11.5 Å². The second kappa shape index (κ2) is 8.28. The summed E-state index contributed by atoms with van der Waals surface area (Å²) in [5, 5.41) is 0. The highest BCUT2D eigenvalue weighted by molar-refractivity contribution is 5.99. The smallest absolute Gasteiger partial charge is 0.244 e. The van der Waals surface area contributed by atoms with E-state index in [1.54, 1.807) is 7.11 Å². The summed E-state index contributed by atoms with van der Waals surface area (Å²) in [7, 11) is 1.66. The van der Waals surface area contributed by atoms with Crippen molar-refractivity contribution in [3.8, 4) is 11.5 Å². The molecule has 0 aromatic heterocycles. The number of fused-ring (bicyclic) bond motifs is 3. The zero-order valence-corrected chi connectivity index (χ0v) is 17.3. The number of ether oxygens (including phenoxy) is 3. The Kier molecular flexibility index (Phi) is 5.35. The molecule has 0 unspecified atom stereocenters. The average molecular weight is 408 g/mol. The lowest BCUT2D eigenvalue weighted by Gasteiger charge is -2.36. The zero-order valence-electron chi connectivity index (χ0n) is 17.3. The second-order valence-electron chi connectivity index (χ2n) is 8.27. The second-order valence-corrected chi connectivity index (χ2v) is 8.27. The van der Waals surface area contributed by atoms with Crippen molar-refractivity contribution in [1.29, 1.82) is 0 Å². The lowest BCUT2D eigenvalue weighted by molar-refractivity contribution is -0.124. The van der Waals surface area contributed by atoms with Gasteiger partial charge in [0.2, 0.25) is 5.91 Å². The number of carbonyl (C=O) groups excluding carboxylic acids is 1. The van der Waals surface area contributed by atoms with Crippen molar-refractivity contribution in [2.24, 2.45) is 0 Å². The Balaban J connectivity index is 1.48. The van der Waals surface area contributed by atoms with Gasteiger partial charge >= 0.3 is 0 Å². The first-order chi connectivity index (χ1) is 14.7. The summed E-state index contributed by atoms with van der Waals surface area (Å²) < 4.78 is 17.2. The maximum absolute atomic E-state index is 13.9. The van der Waals surface area contributed by atoms with E-state index >= 15 is 0 Å². The van der Waals surface area contributed by atoms with E-state index in [-0.39, 0.29) is 18.1 Å². The van der Waals surface area contributed by atoms with E-state index in [0.29, 0.717) is 12.6 Å². The van der Waals surface area contributed by atoms with Crippen LogP contribution in [0, 0.1) is 0 Å². The van der Waals surface area contributed by atoms with Gasteiger partial charge in [0.25, 0.3) is 0 Å². The van der Waals surface area contributed by atoms with Crippen molar-refractivity contribution >= 4 is 11.6 Å². The maximum atomic E-state index is 13.9. The first kappa shape index (κ1) is 19.4. The molecule has 2 saturated heterocycles. The number of rotatable bonds is 4. The maximum Gasteiger partial charge on any atom is 0.244 e. The van der Waals surface area contributed by atoms with Crippen LogP contribution in [0.1, 0.15) is 24.8 Å². The van der Waals surface area contributed by atoms with Crippen molar-refractivity contribution in [3.05, 3.63) is 54.1 Å². The molecule has 6 nitrogen and oxygen atoms in total. The van der Waals surface area contributed by atoms with Gasteiger partial charge in [-0.3, -0.25) is 9.69 Å². The standard InChI is InChI=1S/C24H28N2O4/c1-28-19-8-6-17(7-9-19)15-26-21-4-2-3-5-23(21)30-20-14-22(24(26)27)25(16-20)18-10-12-29-13-11-18/h2-9,18,20,22H,10-16H2,1H3/t20-,22-/m0/s1. The molecular weight excluding hydrogens is 380 g/mol.